The number of thiophene rings is 1. The van der Waals surface area contributed by atoms with Crippen molar-refractivity contribution in [1.29, 1.82) is 0 Å². The van der Waals surface area contributed by atoms with Crippen LogP contribution < -0.4 is 10.6 Å². The van der Waals surface area contributed by atoms with Crippen molar-refractivity contribution < 1.29 is 23.9 Å². The third-order valence-electron chi connectivity index (χ3n) is 5.43. The third-order valence-corrected chi connectivity index (χ3v) is 6.41. The van der Waals surface area contributed by atoms with Crippen molar-refractivity contribution in [3.05, 3.63) is 76.7 Å². The van der Waals surface area contributed by atoms with E-state index in [4.69, 9.17) is 9.47 Å². The average molecular weight is 493 g/mol. The molecule has 0 bridgehead atoms. The van der Waals surface area contributed by atoms with Crippen molar-refractivity contribution in [3.63, 3.8) is 0 Å². The van der Waals surface area contributed by atoms with Gasteiger partial charge in [0.2, 0.25) is 5.91 Å². The highest BCUT2D eigenvalue weighted by Gasteiger charge is 2.29. The summed E-state index contributed by atoms with van der Waals surface area (Å²) in [7, 11) is 0. The van der Waals surface area contributed by atoms with Gasteiger partial charge in [0.25, 0.3) is 0 Å². The number of amides is 2. The topological polar surface area (TPSA) is 93.7 Å². The second-order valence-corrected chi connectivity index (χ2v) is 10.3. The molecule has 0 spiro atoms. The Labute approximate surface area is 208 Å². The number of carbonyl (C=O) groups excluding carboxylic acids is 3. The molecule has 1 heterocycles. The fraction of sp³-hybridized carbons (Fsp3) is 0.296. The van der Waals surface area contributed by atoms with E-state index in [-0.39, 0.29) is 31.4 Å². The van der Waals surface area contributed by atoms with Gasteiger partial charge in [0.15, 0.2) is 0 Å². The number of benzene rings is 2. The Bertz CT molecular complexity index is 1200. The molecule has 8 heteroatoms. The van der Waals surface area contributed by atoms with Crippen LogP contribution in [-0.2, 0) is 14.3 Å². The lowest BCUT2D eigenvalue weighted by molar-refractivity contribution is -0.116. The van der Waals surface area contributed by atoms with Gasteiger partial charge < -0.3 is 20.1 Å². The standard InChI is InChI=1S/C27H28N2O5S/c1-27(2,3)34-25(31)22-12-13-24(35-22)29-23(30)14-15-28-26(32)33-16-21-19-10-6-4-8-17(19)18-9-5-7-11-20(18)21/h4-13,21H,14-16H2,1-3H3,(H,28,32)(H,29,30). The smallest absolute Gasteiger partial charge is 0.407 e. The fourth-order valence-corrected chi connectivity index (χ4v) is 4.77. The van der Waals surface area contributed by atoms with Crippen LogP contribution in [0.3, 0.4) is 0 Å². The summed E-state index contributed by atoms with van der Waals surface area (Å²) in [6.45, 7) is 5.74. The van der Waals surface area contributed by atoms with Crippen LogP contribution in [0.1, 0.15) is 53.9 Å². The number of fused-ring (bicyclic) bond motifs is 3. The second kappa shape index (κ2) is 10.3. The van der Waals surface area contributed by atoms with Crippen molar-refractivity contribution in [3.8, 4) is 11.1 Å². The Kier molecular flexibility index (Phi) is 7.21. The van der Waals surface area contributed by atoms with Gasteiger partial charge in [0.1, 0.15) is 17.1 Å². The minimum absolute atomic E-state index is 0.0190. The Morgan fingerprint density at radius 1 is 0.914 bits per heavy atom. The van der Waals surface area contributed by atoms with E-state index < -0.39 is 17.7 Å². The van der Waals surface area contributed by atoms with E-state index in [2.05, 4.69) is 34.9 Å². The Morgan fingerprint density at radius 3 is 2.17 bits per heavy atom. The van der Waals surface area contributed by atoms with Crippen LogP contribution in [0.4, 0.5) is 9.80 Å². The van der Waals surface area contributed by atoms with Gasteiger partial charge in [-0.05, 0) is 55.2 Å². The molecule has 2 N–H and O–H groups in total. The van der Waals surface area contributed by atoms with Crippen LogP contribution >= 0.6 is 11.3 Å². The molecule has 1 aliphatic rings. The van der Waals surface area contributed by atoms with Crippen molar-refractivity contribution in [1.82, 2.24) is 5.32 Å². The number of ether oxygens (including phenoxy) is 2. The minimum atomic E-state index is -0.588. The van der Waals surface area contributed by atoms with Crippen LogP contribution in [0, 0.1) is 0 Å². The first-order valence-electron chi connectivity index (χ1n) is 11.4. The minimum Gasteiger partial charge on any atom is -0.456 e. The fourth-order valence-electron chi connectivity index (χ4n) is 3.97. The molecular formula is C27H28N2O5S. The SMILES string of the molecule is CC(C)(C)OC(=O)c1ccc(NC(=O)CCNC(=O)OCC2c3ccccc3-c3ccccc32)s1. The first-order valence-corrected chi connectivity index (χ1v) is 12.2. The van der Waals surface area contributed by atoms with E-state index >= 15 is 0 Å². The third kappa shape index (κ3) is 6.08. The van der Waals surface area contributed by atoms with Crippen LogP contribution in [0.5, 0.6) is 0 Å². The summed E-state index contributed by atoms with van der Waals surface area (Å²) in [5.41, 5.74) is 4.02. The number of rotatable bonds is 7. The van der Waals surface area contributed by atoms with Crippen LogP contribution in [0.25, 0.3) is 11.1 Å². The molecule has 7 nitrogen and oxygen atoms in total. The molecule has 0 radical (unpaired) electrons. The lowest BCUT2D eigenvalue weighted by Crippen LogP contribution is -2.29. The largest absolute Gasteiger partial charge is 0.456 e. The molecule has 0 fully saturated rings. The predicted molar refractivity (Wildman–Crippen MR) is 136 cm³/mol. The maximum absolute atomic E-state index is 12.2. The van der Waals surface area contributed by atoms with Crippen molar-refractivity contribution in [2.45, 2.75) is 38.7 Å². The number of anilines is 1. The number of hydrogen-bond acceptors (Lipinski definition) is 6. The van der Waals surface area contributed by atoms with Gasteiger partial charge in [0, 0.05) is 18.9 Å². The Balaban J connectivity index is 1.22. The van der Waals surface area contributed by atoms with Crippen molar-refractivity contribution in [2.75, 3.05) is 18.5 Å². The molecule has 4 rings (SSSR count). The van der Waals surface area contributed by atoms with E-state index in [0.717, 1.165) is 33.6 Å². The molecule has 1 aliphatic carbocycles. The van der Waals surface area contributed by atoms with E-state index in [1.165, 1.54) is 0 Å². The molecule has 2 amide bonds. The van der Waals surface area contributed by atoms with Crippen LogP contribution in [-0.4, -0.2) is 36.7 Å². The number of esters is 1. The molecule has 3 aromatic rings. The Morgan fingerprint density at radius 2 is 1.54 bits per heavy atom. The number of nitrogens with one attached hydrogen (secondary N) is 2. The van der Waals surface area contributed by atoms with E-state index in [0.29, 0.717) is 9.88 Å². The number of hydrogen-bond donors (Lipinski definition) is 2. The lowest BCUT2D eigenvalue weighted by Gasteiger charge is -2.18. The van der Waals surface area contributed by atoms with E-state index in [1.807, 2.05) is 24.3 Å². The lowest BCUT2D eigenvalue weighted by atomic mass is 9.98. The van der Waals surface area contributed by atoms with Crippen LogP contribution in [0.15, 0.2) is 60.7 Å². The van der Waals surface area contributed by atoms with E-state index in [1.54, 1.807) is 32.9 Å². The van der Waals surface area contributed by atoms with Gasteiger partial charge >= 0.3 is 12.1 Å². The van der Waals surface area contributed by atoms with E-state index in [9.17, 15) is 14.4 Å². The summed E-state index contributed by atoms with van der Waals surface area (Å²) in [4.78, 5) is 37.0. The van der Waals surface area contributed by atoms with Crippen molar-refractivity contribution >= 4 is 34.3 Å². The van der Waals surface area contributed by atoms with Gasteiger partial charge in [-0.15, -0.1) is 11.3 Å². The predicted octanol–water partition coefficient (Wildman–Crippen LogP) is 5.57. The summed E-state index contributed by atoms with van der Waals surface area (Å²) in [6.07, 6.45) is -0.493. The highest BCUT2D eigenvalue weighted by Crippen LogP contribution is 2.44. The summed E-state index contributed by atoms with van der Waals surface area (Å²) < 4.78 is 10.8. The first-order chi connectivity index (χ1) is 16.7. The molecule has 1 aromatic heterocycles. The maximum atomic E-state index is 12.2. The zero-order valence-corrected chi connectivity index (χ0v) is 20.7. The normalized spacial score (nSPS) is 12.4. The molecule has 0 saturated carbocycles. The monoisotopic (exact) mass is 492 g/mol. The molecule has 0 atom stereocenters. The molecule has 0 saturated heterocycles. The number of carbonyl (C=O) groups is 3. The molecular weight excluding hydrogens is 464 g/mol. The zero-order chi connectivity index (χ0) is 25.0. The molecule has 182 valence electrons. The summed E-state index contributed by atoms with van der Waals surface area (Å²) >= 11 is 1.14. The summed E-state index contributed by atoms with van der Waals surface area (Å²) in [5, 5.41) is 5.90. The number of alkyl carbamates (subject to hydrolysis) is 1. The summed E-state index contributed by atoms with van der Waals surface area (Å²) in [5.74, 6) is -0.726. The zero-order valence-electron chi connectivity index (χ0n) is 19.9. The highest BCUT2D eigenvalue weighted by atomic mass is 32.1. The second-order valence-electron chi connectivity index (χ2n) is 9.22. The van der Waals surface area contributed by atoms with Gasteiger partial charge in [0.05, 0.1) is 5.00 Å². The highest BCUT2D eigenvalue weighted by molar-refractivity contribution is 7.18. The summed E-state index contributed by atoms with van der Waals surface area (Å²) in [6, 6.07) is 19.5. The Hall–Kier alpha value is -3.65. The molecule has 0 aliphatic heterocycles. The van der Waals surface area contributed by atoms with Gasteiger partial charge in [-0.25, -0.2) is 9.59 Å². The van der Waals surface area contributed by atoms with Gasteiger partial charge in [-0.2, -0.15) is 0 Å². The van der Waals surface area contributed by atoms with Gasteiger partial charge in [-0.3, -0.25) is 4.79 Å². The first kappa shape index (κ1) is 24.5. The molecule has 2 aromatic carbocycles. The quantitative estimate of drug-likeness (QED) is 0.421. The molecule has 0 unspecified atom stereocenters. The average Bonchev–Trinajstić information content (AvgIpc) is 3.39. The van der Waals surface area contributed by atoms with Gasteiger partial charge in [-0.1, -0.05) is 48.5 Å². The maximum Gasteiger partial charge on any atom is 0.407 e. The molecule has 35 heavy (non-hydrogen) atoms. The van der Waals surface area contributed by atoms with Crippen molar-refractivity contribution in [2.24, 2.45) is 0 Å². The van der Waals surface area contributed by atoms with Crippen LogP contribution in [0.2, 0.25) is 0 Å².